The van der Waals surface area contributed by atoms with Gasteiger partial charge in [0.25, 0.3) is 0 Å². The van der Waals surface area contributed by atoms with E-state index in [0.29, 0.717) is 12.5 Å². The summed E-state index contributed by atoms with van der Waals surface area (Å²) in [4.78, 5) is 15.0. The van der Waals surface area contributed by atoms with Gasteiger partial charge in [0.1, 0.15) is 11.9 Å². The van der Waals surface area contributed by atoms with Crippen LogP contribution in [0.2, 0.25) is 0 Å². The van der Waals surface area contributed by atoms with Gasteiger partial charge in [-0.05, 0) is 79.8 Å². The Morgan fingerprint density at radius 1 is 0.871 bits per heavy atom. The molecule has 0 N–H and O–H groups in total. The van der Waals surface area contributed by atoms with Crippen LogP contribution in [0.4, 0.5) is 0 Å². The Morgan fingerprint density at radius 2 is 1.48 bits per heavy atom. The first kappa shape index (κ1) is 21.3. The van der Waals surface area contributed by atoms with Gasteiger partial charge in [-0.2, -0.15) is 0 Å². The molecule has 0 unspecified atom stereocenters. The molecule has 0 aromatic heterocycles. The van der Waals surface area contributed by atoms with E-state index in [1.54, 1.807) is 0 Å². The molecule has 1 saturated heterocycles. The summed E-state index contributed by atoms with van der Waals surface area (Å²) >= 11 is 0. The number of ketones is 1. The molecule has 3 aromatic rings. The quantitative estimate of drug-likeness (QED) is 0.474. The number of hydrogen-bond donors (Lipinski definition) is 0. The summed E-state index contributed by atoms with van der Waals surface area (Å²) in [6.45, 7) is 6.31. The molecular weight excluding hydrogens is 382 g/mol. The number of ether oxygens (including phenoxy) is 1. The summed E-state index contributed by atoms with van der Waals surface area (Å²) in [5.41, 5.74) is 6.49. The zero-order valence-corrected chi connectivity index (χ0v) is 18.7. The van der Waals surface area contributed by atoms with E-state index >= 15 is 0 Å². The maximum absolute atomic E-state index is 12.6. The molecule has 0 aliphatic carbocycles. The number of Topliss-reactive ketones (excluding diaryl/α,β-unsaturated/α-hetero) is 1. The van der Waals surface area contributed by atoms with Crippen molar-refractivity contribution in [1.29, 1.82) is 0 Å². The number of carbonyl (C=O) groups is 1. The van der Waals surface area contributed by atoms with E-state index in [9.17, 15) is 4.79 Å². The first-order valence-electron chi connectivity index (χ1n) is 11.1. The lowest BCUT2D eigenvalue weighted by Crippen LogP contribution is -2.35. The molecular formula is C28H31NO2. The molecule has 31 heavy (non-hydrogen) atoms. The van der Waals surface area contributed by atoms with Crippen LogP contribution in [0.15, 0.2) is 66.7 Å². The fourth-order valence-electron chi connectivity index (χ4n) is 4.04. The highest BCUT2D eigenvalue weighted by Crippen LogP contribution is 2.25. The topological polar surface area (TPSA) is 29.5 Å². The predicted molar refractivity (Wildman–Crippen MR) is 127 cm³/mol. The van der Waals surface area contributed by atoms with Crippen molar-refractivity contribution in [3.8, 4) is 16.9 Å². The normalized spacial score (nSPS) is 15.1. The highest BCUT2D eigenvalue weighted by molar-refractivity contribution is 5.97. The molecule has 3 heteroatoms. The SMILES string of the molecule is Cc1ccc(C(=O)Cc2ccc(-c3ccc(OC4CCN(C)CC4)cc3)cc2)cc1C. The third-order valence-electron chi connectivity index (χ3n) is 6.30. The van der Waals surface area contributed by atoms with Gasteiger partial charge in [-0.1, -0.05) is 48.5 Å². The molecule has 1 fully saturated rings. The fourth-order valence-corrected chi connectivity index (χ4v) is 4.04. The number of aryl methyl sites for hydroxylation is 2. The molecule has 3 aromatic carbocycles. The highest BCUT2D eigenvalue weighted by atomic mass is 16.5. The van der Waals surface area contributed by atoms with Gasteiger partial charge in [0.05, 0.1) is 0 Å². The van der Waals surface area contributed by atoms with E-state index in [4.69, 9.17) is 4.74 Å². The molecule has 3 nitrogen and oxygen atoms in total. The van der Waals surface area contributed by atoms with Gasteiger partial charge in [-0.25, -0.2) is 0 Å². The van der Waals surface area contributed by atoms with E-state index in [1.807, 2.05) is 25.1 Å². The molecule has 1 aliphatic rings. The third kappa shape index (κ3) is 5.42. The smallest absolute Gasteiger partial charge is 0.167 e. The van der Waals surface area contributed by atoms with Gasteiger partial charge in [0.15, 0.2) is 5.78 Å². The second-order valence-corrected chi connectivity index (χ2v) is 8.74. The minimum absolute atomic E-state index is 0.159. The predicted octanol–water partition coefficient (Wildman–Crippen LogP) is 5.87. The minimum atomic E-state index is 0.159. The van der Waals surface area contributed by atoms with Crippen molar-refractivity contribution in [3.63, 3.8) is 0 Å². The average Bonchev–Trinajstić information content (AvgIpc) is 2.78. The number of hydrogen-bond acceptors (Lipinski definition) is 3. The van der Waals surface area contributed by atoms with E-state index in [1.165, 1.54) is 5.56 Å². The number of rotatable bonds is 6. The first-order chi connectivity index (χ1) is 15.0. The van der Waals surface area contributed by atoms with Crippen LogP contribution in [0.3, 0.4) is 0 Å². The Morgan fingerprint density at radius 3 is 2.10 bits per heavy atom. The molecule has 0 bridgehead atoms. The lowest BCUT2D eigenvalue weighted by atomic mass is 9.98. The van der Waals surface area contributed by atoms with Crippen LogP contribution in [0.1, 0.15) is 39.9 Å². The van der Waals surface area contributed by atoms with Gasteiger partial charge in [0, 0.05) is 25.1 Å². The van der Waals surface area contributed by atoms with Crippen LogP contribution in [-0.2, 0) is 6.42 Å². The number of benzene rings is 3. The minimum Gasteiger partial charge on any atom is -0.490 e. The number of piperidine rings is 1. The monoisotopic (exact) mass is 413 g/mol. The van der Waals surface area contributed by atoms with Crippen molar-refractivity contribution in [1.82, 2.24) is 4.90 Å². The molecule has 0 saturated carbocycles. The summed E-state index contributed by atoms with van der Waals surface area (Å²) < 4.78 is 6.15. The van der Waals surface area contributed by atoms with Crippen molar-refractivity contribution < 1.29 is 9.53 Å². The lowest BCUT2D eigenvalue weighted by Gasteiger charge is -2.29. The standard InChI is InChI=1S/C28H31NO2/c1-20-4-7-25(18-21(20)2)28(30)19-22-5-8-23(9-6-22)24-10-12-26(13-11-24)31-27-14-16-29(3)17-15-27/h4-13,18,27H,14-17,19H2,1-3H3. The van der Waals surface area contributed by atoms with Crippen molar-refractivity contribution in [2.24, 2.45) is 0 Å². The maximum Gasteiger partial charge on any atom is 0.167 e. The highest BCUT2D eigenvalue weighted by Gasteiger charge is 2.18. The number of carbonyl (C=O) groups excluding carboxylic acids is 1. The molecule has 0 radical (unpaired) electrons. The molecule has 0 spiro atoms. The average molecular weight is 414 g/mol. The maximum atomic E-state index is 12.6. The van der Waals surface area contributed by atoms with Crippen molar-refractivity contribution in [2.45, 2.75) is 39.2 Å². The number of nitrogens with zero attached hydrogens (tertiary/aromatic N) is 1. The van der Waals surface area contributed by atoms with E-state index in [2.05, 4.69) is 67.4 Å². The zero-order valence-electron chi connectivity index (χ0n) is 18.7. The molecule has 4 rings (SSSR count). The Hall–Kier alpha value is -2.91. The first-order valence-corrected chi connectivity index (χ1v) is 11.1. The zero-order chi connectivity index (χ0) is 21.8. The number of likely N-dealkylation sites (tertiary alicyclic amines) is 1. The summed E-state index contributed by atoms with van der Waals surface area (Å²) in [7, 11) is 2.16. The van der Waals surface area contributed by atoms with Crippen molar-refractivity contribution >= 4 is 5.78 Å². The van der Waals surface area contributed by atoms with Gasteiger partial charge in [-0.15, -0.1) is 0 Å². The largest absolute Gasteiger partial charge is 0.490 e. The Labute approximate surface area is 185 Å². The summed E-state index contributed by atoms with van der Waals surface area (Å²) in [6.07, 6.45) is 2.91. The Balaban J connectivity index is 1.37. The fraction of sp³-hybridized carbons (Fsp3) is 0.321. The van der Waals surface area contributed by atoms with Gasteiger partial charge >= 0.3 is 0 Å². The Kier molecular flexibility index (Phi) is 6.53. The summed E-state index contributed by atoms with van der Waals surface area (Å²) in [6, 6.07) is 22.6. The lowest BCUT2D eigenvalue weighted by molar-refractivity contribution is 0.0993. The Bertz CT molecular complexity index is 1030. The molecule has 1 heterocycles. The van der Waals surface area contributed by atoms with E-state index in [-0.39, 0.29) is 5.78 Å². The van der Waals surface area contributed by atoms with Crippen molar-refractivity contribution in [2.75, 3.05) is 20.1 Å². The molecule has 160 valence electrons. The van der Waals surface area contributed by atoms with E-state index < -0.39 is 0 Å². The van der Waals surface area contributed by atoms with Crippen LogP contribution in [-0.4, -0.2) is 36.9 Å². The third-order valence-corrected chi connectivity index (χ3v) is 6.30. The second kappa shape index (κ2) is 9.49. The van der Waals surface area contributed by atoms with Gasteiger partial charge < -0.3 is 9.64 Å². The molecule has 0 atom stereocenters. The van der Waals surface area contributed by atoms with Crippen LogP contribution in [0.25, 0.3) is 11.1 Å². The second-order valence-electron chi connectivity index (χ2n) is 8.74. The van der Waals surface area contributed by atoms with Crippen LogP contribution >= 0.6 is 0 Å². The van der Waals surface area contributed by atoms with Gasteiger partial charge in [-0.3, -0.25) is 4.79 Å². The van der Waals surface area contributed by atoms with Crippen LogP contribution < -0.4 is 4.74 Å². The molecule has 0 amide bonds. The van der Waals surface area contributed by atoms with Crippen molar-refractivity contribution in [3.05, 3.63) is 89.0 Å². The van der Waals surface area contributed by atoms with Gasteiger partial charge in [0.2, 0.25) is 0 Å². The molecule has 1 aliphatic heterocycles. The summed E-state index contributed by atoms with van der Waals surface area (Å²) in [5, 5.41) is 0. The van der Waals surface area contributed by atoms with E-state index in [0.717, 1.165) is 59.5 Å². The summed E-state index contributed by atoms with van der Waals surface area (Å²) in [5.74, 6) is 1.10. The van der Waals surface area contributed by atoms with Crippen LogP contribution in [0, 0.1) is 13.8 Å². The van der Waals surface area contributed by atoms with Crippen LogP contribution in [0.5, 0.6) is 5.75 Å².